The van der Waals surface area contributed by atoms with Gasteiger partial charge in [-0.25, -0.2) is 4.98 Å². The summed E-state index contributed by atoms with van der Waals surface area (Å²) in [7, 11) is 0. The molecule has 0 bridgehead atoms. The SMILES string of the molecule is C=CCCNC(=O)c1cc2ccccc2c(Cl)n1. The molecule has 0 atom stereocenters. The van der Waals surface area contributed by atoms with Crippen LogP contribution in [-0.4, -0.2) is 17.4 Å². The Morgan fingerprint density at radius 3 is 3.00 bits per heavy atom. The standard InChI is InChI=1S/C14H13ClN2O/c1-2-3-8-16-14(18)12-9-10-6-4-5-7-11(10)13(15)17-12/h2,4-7,9H,1,3,8H2,(H,16,18). The van der Waals surface area contributed by atoms with Crippen LogP contribution in [0.3, 0.4) is 0 Å². The molecule has 4 heteroatoms. The van der Waals surface area contributed by atoms with Crippen LogP contribution in [0.2, 0.25) is 5.15 Å². The highest BCUT2D eigenvalue weighted by Crippen LogP contribution is 2.22. The molecule has 2 aromatic rings. The predicted octanol–water partition coefficient (Wildman–Crippen LogP) is 3.19. The van der Waals surface area contributed by atoms with Gasteiger partial charge >= 0.3 is 0 Å². The van der Waals surface area contributed by atoms with Gasteiger partial charge in [-0.3, -0.25) is 4.79 Å². The third-order valence-corrected chi connectivity index (χ3v) is 2.85. The average Bonchev–Trinajstić information content (AvgIpc) is 2.39. The second-order valence-electron chi connectivity index (χ2n) is 3.85. The fraction of sp³-hybridized carbons (Fsp3) is 0.143. The predicted molar refractivity (Wildman–Crippen MR) is 73.9 cm³/mol. The molecule has 0 unspecified atom stereocenters. The van der Waals surface area contributed by atoms with Gasteiger partial charge in [-0.1, -0.05) is 41.9 Å². The van der Waals surface area contributed by atoms with E-state index in [0.717, 1.165) is 17.2 Å². The van der Waals surface area contributed by atoms with Crippen molar-refractivity contribution in [1.82, 2.24) is 10.3 Å². The molecule has 1 N–H and O–H groups in total. The third kappa shape index (κ3) is 2.68. The van der Waals surface area contributed by atoms with Crippen LogP contribution < -0.4 is 5.32 Å². The molecule has 92 valence electrons. The summed E-state index contributed by atoms with van der Waals surface area (Å²) in [6, 6.07) is 9.32. The Hall–Kier alpha value is -1.87. The van der Waals surface area contributed by atoms with E-state index in [1.807, 2.05) is 24.3 Å². The summed E-state index contributed by atoms with van der Waals surface area (Å²) in [6.07, 6.45) is 2.48. The van der Waals surface area contributed by atoms with Crippen molar-refractivity contribution >= 4 is 28.3 Å². The molecule has 1 amide bonds. The Balaban J connectivity index is 2.28. The summed E-state index contributed by atoms with van der Waals surface area (Å²) in [5.41, 5.74) is 0.336. The molecule has 0 spiro atoms. The smallest absolute Gasteiger partial charge is 0.269 e. The van der Waals surface area contributed by atoms with Gasteiger partial charge in [-0.05, 0) is 17.9 Å². The number of carbonyl (C=O) groups excluding carboxylic acids is 1. The highest BCUT2D eigenvalue weighted by Gasteiger charge is 2.10. The number of aromatic nitrogens is 1. The van der Waals surface area contributed by atoms with Gasteiger partial charge in [0.2, 0.25) is 0 Å². The van der Waals surface area contributed by atoms with Gasteiger partial charge in [-0.15, -0.1) is 6.58 Å². The Bertz CT molecular complexity index is 595. The number of halogens is 1. The Morgan fingerprint density at radius 1 is 1.44 bits per heavy atom. The van der Waals surface area contributed by atoms with E-state index in [2.05, 4.69) is 16.9 Å². The van der Waals surface area contributed by atoms with E-state index >= 15 is 0 Å². The maximum atomic E-state index is 11.8. The zero-order valence-electron chi connectivity index (χ0n) is 9.82. The highest BCUT2D eigenvalue weighted by molar-refractivity contribution is 6.34. The van der Waals surface area contributed by atoms with E-state index in [4.69, 9.17) is 11.6 Å². The molecule has 0 radical (unpaired) electrons. The van der Waals surface area contributed by atoms with Crippen LogP contribution in [0.4, 0.5) is 0 Å². The van der Waals surface area contributed by atoms with Gasteiger partial charge in [0, 0.05) is 11.9 Å². The number of nitrogens with one attached hydrogen (secondary N) is 1. The molecule has 1 aromatic carbocycles. The molecular weight excluding hydrogens is 248 g/mol. The van der Waals surface area contributed by atoms with Crippen LogP contribution in [0, 0.1) is 0 Å². The van der Waals surface area contributed by atoms with Crippen molar-refractivity contribution in [2.75, 3.05) is 6.54 Å². The van der Waals surface area contributed by atoms with Gasteiger partial charge < -0.3 is 5.32 Å². The van der Waals surface area contributed by atoms with Crippen molar-refractivity contribution in [3.05, 3.63) is 53.8 Å². The number of pyridine rings is 1. The monoisotopic (exact) mass is 260 g/mol. The Labute approximate surface area is 110 Å². The lowest BCUT2D eigenvalue weighted by Crippen LogP contribution is -2.25. The molecule has 0 aliphatic carbocycles. The van der Waals surface area contributed by atoms with E-state index < -0.39 is 0 Å². The normalized spacial score (nSPS) is 10.3. The number of carbonyl (C=O) groups is 1. The number of rotatable bonds is 4. The molecule has 2 rings (SSSR count). The minimum absolute atomic E-state index is 0.218. The number of hydrogen-bond acceptors (Lipinski definition) is 2. The van der Waals surface area contributed by atoms with Crippen LogP contribution >= 0.6 is 11.6 Å². The van der Waals surface area contributed by atoms with E-state index in [1.165, 1.54) is 0 Å². The number of fused-ring (bicyclic) bond motifs is 1. The zero-order chi connectivity index (χ0) is 13.0. The lowest BCUT2D eigenvalue weighted by molar-refractivity contribution is 0.0949. The first kappa shape index (κ1) is 12.6. The number of benzene rings is 1. The molecule has 3 nitrogen and oxygen atoms in total. The van der Waals surface area contributed by atoms with Crippen molar-refractivity contribution in [1.29, 1.82) is 0 Å². The van der Waals surface area contributed by atoms with Crippen LogP contribution in [0.5, 0.6) is 0 Å². The first-order valence-electron chi connectivity index (χ1n) is 5.67. The lowest BCUT2D eigenvalue weighted by atomic mass is 10.1. The minimum atomic E-state index is -0.218. The first-order chi connectivity index (χ1) is 8.72. The molecule has 1 aromatic heterocycles. The maximum Gasteiger partial charge on any atom is 0.269 e. The molecule has 18 heavy (non-hydrogen) atoms. The molecule has 0 saturated carbocycles. The lowest BCUT2D eigenvalue weighted by Gasteiger charge is -2.05. The summed E-state index contributed by atoms with van der Waals surface area (Å²) in [5, 5.41) is 4.87. The quantitative estimate of drug-likeness (QED) is 0.521. The largest absolute Gasteiger partial charge is 0.350 e. The summed E-state index contributed by atoms with van der Waals surface area (Å²) in [4.78, 5) is 16.0. The van der Waals surface area contributed by atoms with Crippen LogP contribution in [-0.2, 0) is 0 Å². The van der Waals surface area contributed by atoms with E-state index in [9.17, 15) is 4.79 Å². The van der Waals surface area contributed by atoms with Crippen LogP contribution in [0.15, 0.2) is 43.0 Å². The maximum absolute atomic E-state index is 11.8. The fourth-order valence-corrected chi connectivity index (χ4v) is 1.91. The van der Waals surface area contributed by atoms with Crippen LogP contribution in [0.25, 0.3) is 10.8 Å². The van der Waals surface area contributed by atoms with Crippen LogP contribution in [0.1, 0.15) is 16.9 Å². The van der Waals surface area contributed by atoms with Gasteiger partial charge in [0.1, 0.15) is 10.8 Å². The molecule has 0 saturated heterocycles. The highest BCUT2D eigenvalue weighted by atomic mass is 35.5. The summed E-state index contributed by atoms with van der Waals surface area (Å²) < 4.78 is 0. The molecular formula is C14H13ClN2O. The Morgan fingerprint density at radius 2 is 2.22 bits per heavy atom. The first-order valence-corrected chi connectivity index (χ1v) is 6.04. The van der Waals surface area contributed by atoms with Crippen molar-refractivity contribution < 1.29 is 4.79 Å². The third-order valence-electron chi connectivity index (χ3n) is 2.56. The Kier molecular flexibility index (Phi) is 3.95. The van der Waals surface area contributed by atoms with E-state index in [0.29, 0.717) is 17.4 Å². The summed E-state index contributed by atoms with van der Waals surface area (Å²) in [6.45, 7) is 4.15. The topological polar surface area (TPSA) is 42.0 Å². The second-order valence-corrected chi connectivity index (χ2v) is 4.21. The van der Waals surface area contributed by atoms with E-state index in [1.54, 1.807) is 12.1 Å². The second kappa shape index (κ2) is 5.65. The summed E-state index contributed by atoms with van der Waals surface area (Å²) >= 11 is 6.06. The van der Waals surface area contributed by atoms with Crippen molar-refractivity contribution in [3.63, 3.8) is 0 Å². The van der Waals surface area contributed by atoms with Crippen molar-refractivity contribution in [2.45, 2.75) is 6.42 Å². The number of nitrogens with zero attached hydrogens (tertiary/aromatic N) is 1. The van der Waals surface area contributed by atoms with E-state index in [-0.39, 0.29) is 5.91 Å². The summed E-state index contributed by atoms with van der Waals surface area (Å²) in [5.74, 6) is -0.218. The number of hydrogen-bond donors (Lipinski definition) is 1. The molecule has 0 aliphatic heterocycles. The number of amides is 1. The molecule has 0 fully saturated rings. The van der Waals surface area contributed by atoms with Gasteiger partial charge in [0.05, 0.1) is 0 Å². The van der Waals surface area contributed by atoms with Crippen molar-refractivity contribution in [3.8, 4) is 0 Å². The average molecular weight is 261 g/mol. The fourth-order valence-electron chi connectivity index (χ4n) is 1.65. The molecule has 0 aliphatic rings. The van der Waals surface area contributed by atoms with Gasteiger partial charge in [-0.2, -0.15) is 0 Å². The zero-order valence-corrected chi connectivity index (χ0v) is 10.6. The molecule has 1 heterocycles. The van der Waals surface area contributed by atoms with Crippen molar-refractivity contribution in [2.24, 2.45) is 0 Å². The van der Waals surface area contributed by atoms with Gasteiger partial charge in [0.25, 0.3) is 5.91 Å². The van der Waals surface area contributed by atoms with Gasteiger partial charge in [0.15, 0.2) is 0 Å². The minimum Gasteiger partial charge on any atom is -0.350 e.